The number of anilines is 1. The highest BCUT2D eigenvalue weighted by molar-refractivity contribution is 7.15. The van der Waals surface area contributed by atoms with Gasteiger partial charge in [0.15, 0.2) is 5.13 Å². The largest absolute Gasteiger partial charge is 0.375 e. The predicted molar refractivity (Wildman–Crippen MR) is 82.4 cm³/mol. The van der Waals surface area contributed by atoms with Crippen LogP contribution in [0.4, 0.5) is 13.9 Å². The summed E-state index contributed by atoms with van der Waals surface area (Å²) < 4.78 is 26.7. The quantitative estimate of drug-likeness (QED) is 0.910. The number of thiazole rings is 1. The topological polar surface area (TPSA) is 42.1 Å². The molecule has 21 heavy (non-hydrogen) atoms. The molecule has 2 aromatic rings. The molecule has 1 saturated carbocycles. The van der Waals surface area contributed by atoms with Gasteiger partial charge >= 0.3 is 0 Å². The van der Waals surface area contributed by atoms with Crippen molar-refractivity contribution < 1.29 is 8.78 Å². The normalized spacial score (nSPS) is 14.2. The maximum absolute atomic E-state index is 13.7. The average Bonchev–Trinajstić information content (AvgIpc) is 3.16. The second kappa shape index (κ2) is 6.68. The van der Waals surface area contributed by atoms with Gasteiger partial charge in [-0.1, -0.05) is 6.07 Å². The van der Waals surface area contributed by atoms with E-state index in [1.165, 1.54) is 23.5 Å². The summed E-state index contributed by atoms with van der Waals surface area (Å²) >= 11 is 1.45. The number of benzene rings is 1. The number of nitrogens with zero attached hydrogens (tertiary/aromatic N) is 2. The van der Waals surface area contributed by atoms with Crippen molar-refractivity contribution in [3.63, 3.8) is 0 Å². The van der Waals surface area contributed by atoms with Crippen molar-refractivity contribution in [1.82, 2.24) is 9.88 Å². The molecule has 114 valence electrons. The zero-order valence-electron chi connectivity index (χ0n) is 11.3. The molecule has 0 aliphatic heterocycles. The minimum Gasteiger partial charge on any atom is -0.375 e. The first-order valence-electron chi connectivity index (χ1n) is 6.50. The molecular formula is C14H16ClF2N3S. The SMILES string of the molecule is Cl.Nc1ncc(CN(Cc2ccc(F)cc2F)C2CC2)s1. The Labute approximate surface area is 132 Å². The van der Waals surface area contributed by atoms with Crippen LogP contribution in [0.25, 0.3) is 0 Å². The summed E-state index contributed by atoms with van der Waals surface area (Å²) in [6.45, 7) is 1.19. The van der Waals surface area contributed by atoms with Crippen LogP contribution in [-0.2, 0) is 13.1 Å². The first kappa shape index (κ1) is 16.1. The molecule has 0 radical (unpaired) electrons. The number of rotatable bonds is 5. The van der Waals surface area contributed by atoms with Gasteiger partial charge in [0.1, 0.15) is 11.6 Å². The molecule has 0 amide bonds. The zero-order valence-corrected chi connectivity index (χ0v) is 12.9. The lowest BCUT2D eigenvalue weighted by molar-refractivity contribution is 0.244. The summed E-state index contributed by atoms with van der Waals surface area (Å²) in [5.74, 6) is -1.03. The van der Waals surface area contributed by atoms with E-state index in [1.807, 2.05) is 0 Å². The van der Waals surface area contributed by atoms with Crippen molar-refractivity contribution in [1.29, 1.82) is 0 Å². The molecule has 1 aliphatic carbocycles. The van der Waals surface area contributed by atoms with Crippen LogP contribution in [0.3, 0.4) is 0 Å². The van der Waals surface area contributed by atoms with Crippen LogP contribution in [0, 0.1) is 11.6 Å². The summed E-state index contributed by atoms with van der Waals surface area (Å²) in [5, 5.41) is 0.545. The predicted octanol–water partition coefficient (Wildman–Crippen LogP) is 3.59. The molecule has 3 rings (SSSR count). The minimum atomic E-state index is -0.542. The third kappa shape index (κ3) is 4.12. The molecule has 1 aromatic carbocycles. The van der Waals surface area contributed by atoms with Gasteiger partial charge in [0.05, 0.1) is 0 Å². The van der Waals surface area contributed by atoms with Gasteiger partial charge in [-0.05, 0) is 18.9 Å². The highest BCUT2D eigenvalue weighted by Crippen LogP contribution is 2.31. The van der Waals surface area contributed by atoms with Crippen molar-refractivity contribution in [3.05, 3.63) is 46.5 Å². The van der Waals surface area contributed by atoms with Crippen LogP contribution in [-0.4, -0.2) is 15.9 Å². The molecular weight excluding hydrogens is 316 g/mol. The second-order valence-electron chi connectivity index (χ2n) is 5.04. The van der Waals surface area contributed by atoms with E-state index < -0.39 is 11.6 Å². The van der Waals surface area contributed by atoms with E-state index in [0.717, 1.165) is 23.8 Å². The van der Waals surface area contributed by atoms with E-state index in [9.17, 15) is 8.78 Å². The lowest BCUT2D eigenvalue weighted by Crippen LogP contribution is -2.25. The van der Waals surface area contributed by atoms with E-state index in [2.05, 4.69) is 9.88 Å². The van der Waals surface area contributed by atoms with Crippen molar-refractivity contribution >= 4 is 28.9 Å². The van der Waals surface area contributed by atoms with Crippen LogP contribution in [0.5, 0.6) is 0 Å². The monoisotopic (exact) mass is 331 g/mol. The van der Waals surface area contributed by atoms with Crippen molar-refractivity contribution in [2.24, 2.45) is 0 Å². The molecule has 2 N–H and O–H groups in total. The first-order valence-corrected chi connectivity index (χ1v) is 7.31. The molecule has 3 nitrogen and oxygen atoms in total. The number of nitrogens with two attached hydrogens (primary N) is 1. The standard InChI is InChI=1S/C14H15F2N3S.ClH/c15-10-2-1-9(13(16)5-10)7-19(11-3-4-11)8-12-6-18-14(17)20-12;/h1-2,5-6,11H,3-4,7-8H2,(H2,17,18);1H. The van der Waals surface area contributed by atoms with Gasteiger partial charge in [-0.15, -0.1) is 23.7 Å². The molecule has 1 fully saturated rings. The highest BCUT2D eigenvalue weighted by Gasteiger charge is 2.29. The van der Waals surface area contributed by atoms with Crippen LogP contribution in [0.15, 0.2) is 24.4 Å². The smallest absolute Gasteiger partial charge is 0.180 e. The molecule has 0 spiro atoms. The molecule has 1 heterocycles. The third-order valence-electron chi connectivity index (χ3n) is 3.38. The molecule has 0 unspecified atom stereocenters. The third-order valence-corrected chi connectivity index (χ3v) is 4.19. The second-order valence-corrected chi connectivity index (χ2v) is 6.18. The fraction of sp³-hybridized carbons (Fsp3) is 0.357. The number of aromatic nitrogens is 1. The average molecular weight is 332 g/mol. The van der Waals surface area contributed by atoms with Gasteiger partial charge in [-0.3, -0.25) is 4.90 Å². The van der Waals surface area contributed by atoms with Crippen molar-refractivity contribution in [2.75, 3.05) is 5.73 Å². The molecule has 1 aromatic heterocycles. The van der Waals surface area contributed by atoms with E-state index in [1.54, 1.807) is 6.20 Å². The summed E-state index contributed by atoms with van der Waals surface area (Å²) in [5.41, 5.74) is 6.15. The summed E-state index contributed by atoms with van der Waals surface area (Å²) in [6, 6.07) is 4.23. The maximum atomic E-state index is 13.7. The van der Waals surface area contributed by atoms with Crippen LogP contribution < -0.4 is 5.73 Å². The van der Waals surface area contributed by atoms with Gasteiger partial charge in [0.25, 0.3) is 0 Å². The van der Waals surface area contributed by atoms with E-state index >= 15 is 0 Å². The fourth-order valence-electron chi connectivity index (χ4n) is 2.22. The van der Waals surface area contributed by atoms with Crippen LogP contribution in [0.2, 0.25) is 0 Å². The van der Waals surface area contributed by atoms with E-state index in [0.29, 0.717) is 29.8 Å². The van der Waals surface area contributed by atoms with Gasteiger partial charge in [0.2, 0.25) is 0 Å². The highest BCUT2D eigenvalue weighted by atomic mass is 35.5. The van der Waals surface area contributed by atoms with E-state index in [-0.39, 0.29) is 12.4 Å². The molecule has 7 heteroatoms. The van der Waals surface area contributed by atoms with Gasteiger partial charge < -0.3 is 5.73 Å². The van der Waals surface area contributed by atoms with Gasteiger partial charge in [0, 0.05) is 41.8 Å². The lowest BCUT2D eigenvalue weighted by Gasteiger charge is -2.21. The summed E-state index contributed by atoms with van der Waals surface area (Å²) in [4.78, 5) is 7.30. The number of halogens is 3. The fourth-order valence-corrected chi connectivity index (χ4v) is 2.93. The van der Waals surface area contributed by atoms with Crippen molar-refractivity contribution in [2.45, 2.75) is 32.0 Å². The number of nitrogen functional groups attached to an aromatic ring is 1. The molecule has 0 bridgehead atoms. The first-order chi connectivity index (χ1) is 9.61. The Morgan fingerprint density at radius 3 is 2.62 bits per heavy atom. The van der Waals surface area contributed by atoms with Crippen molar-refractivity contribution in [3.8, 4) is 0 Å². The molecule has 0 atom stereocenters. The van der Waals surface area contributed by atoms with Crippen LogP contribution in [0.1, 0.15) is 23.3 Å². The molecule has 0 saturated heterocycles. The number of hydrogen-bond acceptors (Lipinski definition) is 4. The maximum Gasteiger partial charge on any atom is 0.180 e. The number of hydrogen-bond donors (Lipinski definition) is 1. The van der Waals surface area contributed by atoms with Gasteiger partial charge in [-0.2, -0.15) is 0 Å². The molecule has 1 aliphatic rings. The zero-order chi connectivity index (χ0) is 14.1. The lowest BCUT2D eigenvalue weighted by atomic mass is 10.2. The Hall–Kier alpha value is -1.24. The Morgan fingerprint density at radius 1 is 1.29 bits per heavy atom. The Kier molecular flexibility index (Phi) is 5.13. The Morgan fingerprint density at radius 2 is 2.05 bits per heavy atom. The van der Waals surface area contributed by atoms with E-state index in [4.69, 9.17) is 5.73 Å². The van der Waals surface area contributed by atoms with Crippen LogP contribution >= 0.6 is 23.7 Å². The summed E-state index contributed by atoms with van der Waals surface area (Å²) in [7, 11) is 0. The minimum absolute atomic E-state index is 0. The summed E-state index contributed by atoms with van der Waals surface area (Å²) in [6.07, 6.45) is 4.00. The Bertz CT molecular complexity index is 616. The van der Waals surface area contributed by atoms with Gasteiger partial charge in [-0.25, -0.2) is 13.8 Å². The Balaban J connectivity index is 0.00000161.